The number of nitrogens with one attached hydrogen (secondary N) is 1. The van der Waals surface area contributed by atoms with Gasteiger partial charge in [-0.05, 0) is 53.7 Å². The molecule has 1 aromatic carbocycles. The summed E-state index contributed by atoms with van der Waals surface area (Å²) in [6.45, 7) is 0.462. The Kier molecular flexibility index (Phi) is 4.10. The molecule has 0 atom stereocenters. The van der Waals surface area contributed by atoms with E-state index < -0.39 is 0 Å². The van der Waals surface area contributed by atoms with Gasteiger partial charge in [0, 0.05) is 17.2 Å². The fraction of sp³-hybridized carbons (Fsp3) is 0.375. The topological polar surface area (TPSA) is 46.9 Å². The zero-order valence-electron chi connectivity index (χ0n) is 12.0. The molecular formula is C16H18BrN3O. The Balaban J connectivity index is 1.72. The molecule has 0 fully saturated rings. The lowest BCUT2D eigenvalue weighted by Gasteiger charge is -2.11. The first-order chi connectivity index (χ1) is 10.2. The molecule has 0 unspecified atom stereocenters. The summed E-state index contributed by atoms with van der Waals surface area (Å²) in [5.41, 5.74) is 3.18. The van der Waals surface area contributed by atoms with E-state index in [0.29, 0.717) is 12.1 Å². The van der Waals surface area contributed by atoms with E-state index in [-0.39, 0.29) is 5.91 Å². The molecule has 5 heteroatoms. The molecule has 21 heavy (non-hydrogen) atoms. The van der Waals surface area contributed by atoms with E-state index in [1.165, 1.54) is 24.2 Å². The number of benzene rings is 1. The Morgan fingerprint density at radius 2 is 2.10 bits per heavy atom. The largest absolute Gasteiger partial charge is 0.345 e. The van der Waals surface area contributed by atoms with Gasteiger partial charge in [-0.25, -0.2) is 4.98 Å². The molecule has 2 aromatic rings. The summed E-state index contributed by atoms with van der Waals surface area (Å²) >= 11 is 3.40. The van der Waals surface area contributed by atoms with Crippen molar-refractivity contribution in [1.82, 2.24) is 14.9 Å². The van der Waals surface area contributed by atoms with E-state index in [9.17, 15) is 4.79 Å². The third-order valence-corrected chi connectivity index (χ3v) is 4.68. The van der Waals surface area contributed by atoms with Gasteiger partial charge in [0.15, 0.2) is 0 Å². The Labute approximate surface area is 132 Å². The van der Waals surface area contributed by atoms with Gasteiger partial charge >= 0.3 is 0 Å². The van der Waals surface area contributed by atoms with Gasteiger partial charge in [0.05, 0.1) is 17.8 Å². The zero-order valence-corrected chi connectivity index (χ0v) is 13.6. The van der Waals surface area contributed by atoms with Crippen molar-refractivity contribution in [2.24, 2.45) is 7.05 Å². The van der Waals surface area contributed by atoms with Crippen molar-refractivity contribution < 1.29 is 4.79 Å². The minimum atomic E-state index is -0.0801. The van der Waals surface area contributed by atoms with Crippen LogP contribution in [0.5, 0.6) is 0 Å². The van der Waals surface area contributed by atoms with Crippen LogP contribution in [-0.4, -0.2) is 15.5 Å². The summed E-state index contributed by atoms with van der Waals surface area (Å²) in [7, 11) is 2.04. The molecule has 1 aliphatic rings. The fourth-order valence-electron chi connectivity index (χ4n) is 2.80. The predicted octanol–water partition coefficient (Wildman–Crippen LogP) is 2.99. The lowest BCUT2D eigenvalue weighted by Crippen LogP contribution is -2.24. The summed E-state index contributed by atoms with van der Waals surface area (Å²) in [6.07, 6.45) is 4.60. The van der Waals surface area contributed by atoms with E-state index in [2.05, 4.69) is 30.8 Å². The smallest absolute Gasteiger partial charge is 0.252 e. The van der Waals surface area contributed by atoms with Crippen LogP contribution in [0.1, 0.15) is 40.4 Å². The van der Waals surface area contributed by atoms with Crippen LogP contribution < -0.4 is 5.32 Å². The normalized spacial score (nSPS) is 13.8. The van der Waals surface area contributed by atoms with Gasteiger partial charge in [-0.1, -0.05) is 12.1 Å². The summed E-state index contributed by atoms with van der Waals surface area (Å²) in [6, 6.07) is 7.43. The molecular weight excluding hydrogens is 330 g/mol. The van der Waals surface area contributed by atoms with Crippen LogP contribution in [-0.2, 0) is 26.4 Å². The van der Waals surface area contributed by atoms with Crippen LogP contribution in [0.15, 0.2) is 28.7 Å². The van der Waals surface area contributed by atoms with Crippen molar-refractivity contribution in [2.45, 2.75) is 32.2 Å². The van der Waals surface area contributed by atoms with Gasteiger partial charge in [0.25, 0.3) is 5.91 Å². The number of fused-ring (bicyclic) bond motifs is 1. The van der Waals surface area contributed by atoms with Crippen LogP contribution in [0.3, 0.4) is 0 Å². The first-order valence-corrected chi connectivity index (χ1v) is 8.02. The second-order valence-corrected chi connectivity index (χ2v) is 6.20. The van der Waals surface area contributed by atoms with Crippen molar-refractivity contribution in [3.8, 4) is 0 Å². The molecule has 1 amide bonds. The molecule has 1 aromatic heterocycles. The quantitative estimate of drug-likeness (QED) is 0.927. The summed E-state index contributed by atoms with van der Waals surface area (Å²) in [5.74, 6) is 0.853. The number of rotatable bonds is 3. The second kappa shape index (κ2) is 6.02. The van der Waals surface area contributed by atoms with Crippen LogP contribution in [0.25, 0.3) is 0 Å². The molecule has 0 radical (unpaired) electrons. The number of amides is 1. The maximum atomic E-state index is 12.2. The average molecular weight is 348 g/mol. The lowest BCUT2D eigenvalue weighted by atomic mass is 10.0. The van der Waals surface area contributed by atoms with E-state index >= 15 is 0 Å². The van der Waals surface area contributed by atoms with Crippen molar-refractivity contribution in [3.05, 3.63) is 51.5 Å². The lowest BCUT2D eigenvalue weighted by molar-refractivity contribution is 0.0949. The molecule has 1 heterocycles. The minimum Gasteiger partial charge on any atom is -0.345 e. The van der Waals surface area contributed by atoms with Crippen molar-refractivity contribution >= 4 is 21.8 Å². The predicted molar refractivity (Wildman–Crippen MR) is 85.2 cm³/mol. The SMILES string of the molecule is Cn1c(CNC(=O)c2ccccc2Br)nc2c1CCCC2. The molecule has 0 bridgehead atoms. The Morgan fingerprint density at radius 3 is 2.86 bits per heavy atom. The number of carbonyl (C=O) groups excluding carboxylic acids is 1. The third kappa shape index (κ3) is 2.88. The maximum Gasteiger partial charge on any atom is 0.252 e. The fourth-order valence-corrected chi connectivity index (χ4v) is 3.26. The van der Waals surface area contributed by atoms with Gasteiger partial charge in [-0.15, -0.1) is 0 Å². The van der Waals surface area contributed by atoms with Gasteiger partial charge in [-0.2, -0.15) is 0 Å². The number of imidazole rings is 1. The van der Waals surface area contributed by atoms with Gasteiger partial charge in [0.2, 0.25) is 0 Å². The molecule has 0 saturated carbocycles. The summed E-state index contributed by atoms with van der Waals surface area (Å²) in [5, 5.41) is 2.95. The standard InChI is InChI=1S/C16H18BrN3O/c1-20-14-9-5-4-8-13(14)19-15(20)10-18-16(21)11-6-2-3-7-12(11)17/h2-3,6-7H,4-5,8-10H2,1H3,(H,18,21). The summed E-state index contributed by atoms with van der Waals surface area (Å²) in [4.78, 5) is 16.9. The van der Waals surface area contributed by atoms with Crippen molar-refractivity contribution in [2.75, 3.05) is 0 Å². The molecule has 0 aliphatic heterocycles. The van der Waals surface area contributed by atoms with Gasteiger partial charge in [-0.3, -0.25) is 4.79 Å². The average Bonchev–Trinajstić information content (AvgIpc) is 2.82. The van der Waals surface area contributed by atoms with Gasteiger partial charge in [0.1, 0.15) is 5.82 Å². The monoisotopic (exact) mass is 347 g/mol. The summed E-state index contributed by atoms with van der Waals surface area (Å²) < 4.78 is 2.94. The second-order valence-electron chi connectivity index (χ2n) is 5.35. The number of hydrogen-bond acceptors (Lipinski definition) is 2. The van der Waals surface area contributed by atoms with Crippen LogP contribution in [0.4, 0.5) is 0 Å². The highest BCUT2D eigenvalue weighted by Crippen LogP contribution is 2.21. The Bertz CT molecular complexity index is 678. The Hall–Kier alpha value is -1.62. The van der Waals surface area contributed by atoms with Crippen LogP contribution >= 0.6 is 15.9 Å². The van der Waals surface area contributed by atoms with Crippen molar-refractivity contribution in [3.63, 3.8) is 0 Å². The number of aromatic nitrogens is 2. The van der Waals surface area contributed by atoms with Crippen LogP contribution in [0, 0.1) is 0 Å². The first kappa shape index (κ1) is 14.3. The number of nitrogens with zero attached hydrogens (tertiary/aromatic N) is 2. The first-order valence-electron chi connectivity index (χ1n) is 7.23. The third-order valence-electron chi connectivity index (χ3n) is 3.99. The highest BCUT2D eigenvalue weighted by Gasteiger charge is 2.18. The number of aryl methyl sites for hydroxylation is 1. The molecule has 3 rings (SSSR count). The number of halogens is 1. The highest BCUT2D eigenvalue weighted by molar-refractivity contribution is 9.10. The molecule has 4 nitrogen and oxygen atoms in total. The van der Waals surface area contributed by atoms with Crippen LogP contribution in [0.2, 0.25) is 0 Å². The highest BCUT2D eigenvalue weighted by atomic mass is 79.9. The molecule has 0 spiro atoms. The maximum absolute atomic E-state index is 12.2. The number of hydrogen-bond donors (Lipinski definition) is 1. The van der Waals surface area contributed by atoms with E-state index in [4.69, 9.17) is 0 Å². The molecule has 0 saturated heterocycles. The van der Waals surface area contributed by atoms with Gasteiger partial charge < -0.3 is 9.88 Å². The van der Waals surface area contributed by atoms with E-state index in [1.807, 2.05) is 31.3 Å². The zero-order chi connectivity index (χ0) is 14.8. The molecule has 1 N–H and O–H groups in total. The Morgan fingerprint density at radius 1 is 1.33 bits per heavy atom. The minimum absolute atomic E-state index is 0.0801. The molecule has 110 valence electrons. The van der Waals surface area contributed by atoms with E-state index in [1.54, 1.807) is 0 Å². The molecule has 1 aliphatic carbocycles. The van der Waals surface area contributed by atoms with Crippen molar-refractivity contribution in [1.29, 1.82) is 0 Å². The number of carbonyl (C=O) groups is 1. The van der Waals surface area contributed by atoms with E-state index in [0.717, 1.165) is 23.1 Å².